The van der Waals surface area contributed by atoms with E-state index in [-0.39, 0.29) is 0 Å². The molecule has 0 amide bonds. The molecular formula is C32H20BrN. The molecule has 5 aromatic carbocycles. The SMILES string of the molecule is C=C1c2ccccc2-c2cc3c4cc(Br)ccc4n(-c4ccc(-c5ccccc5)cc4)c3cc21. The van der Waals surface area contributed by atoms with Crippen molar-refractivity contribution in [3.05, 3.63) is 131 Å². The van der Waals surface area contributed by atoms with Crippen molar-refractivity contribution in [2.75, 3.05) is 0 Å². The number of rotatable bonds is 2. The van der Waals surface area contributed by atoms with Gasteiger partial charge in [-0.15, -0.1) is 0 Å². The van der Waals surface area contributed by atoms with Crippen LogP contribution in [0.3, 0.4) is 0 Å². The molecule has 0 fully saturated rings. The second-order valence-corrected chi connectivity index (χ2v) is 9.76. The average molecular weight is 498 g/mol. The van der Waals surface area contributed by atoms with E-state index in [2.05, 4.69) is 136 Å². The van der Waals surface area contributed by atoms with Crippen molar-refractivity contribution in [2.45, 2.75) is 0 Å². The van der Waals surface area contributed by atoms with Crippen molar-refractivity contribution in [1.82, 2.24) is 4.57 Å². The summed E-state index contributed by atoms with van der Waals surface area (Å²) in [7, 11) is 0. The summed E-state index contributed by atoms with van der Waals surface area (Å²) < 4.78 is 3.46. The molecule has 0 spiro atoms. The molecule has 0 bridgehead atoms. The fourth-order valence-corrected chi connectivity index (χ4v) is 5.71. The van der Waals surface area contributed by atoms with Crippen molar-refractivity contribution in [3.8, 4) is 27.9 Å². The normalized spacial score (nSPS) is 12.3. The predicted octanol–water partition coefficient (Wildman–Crippen LogP) is 9.26. The summed E-state index contributed by atoms with van der Waals surface area (Å²) in [5, 5.41) is 2.50. The van der Waals surface area contributed by atoms with Crippen LogP contribution in [0.4, 0.5) is 0 Å². The van der Waals surface area contributed by atoms with Crippen molar-refractivity contribution in [1.29, 1.82) is 0 Å². The molecule has 1 nitrogen and oxygen atoms in total. The third kappa shape index (κ3) is 2.79. The smallest absolute Gasteiger partial charge is 0.0547 e. The van der Waals surface area contributed by atoms with Crippen molar-refractivity contribution in [3.63, 3.8) is 0 Å². The summed E-state index contributed by atoms with van der Waals surface area (Å²) in [5.74, 6) is 0. The molecule has 0 aliphatic heterocycles. The van der Waals surface area contributed by atoms with Crippen LogP contribution < -0.4 is 0 Å². The first kappa shape index (κ1) is 19.6. The maximum atomic E-state index is 4.44. The van der Waals surface area contributed by atoms with Gasteiger partial charge < -0.3 is 4.57 Å². The van der Waals surface area contributed by atoms with Gasteiger partial charge in [-0.3, -0.25) is 0 Å². The molecular weight excluding hydrogens is 478 g/mol. The van der Waals surface area contributed by atoms with E-state index in [1.807, 2.05) is 0 Å². The van der Waals surface area contributed by atoms with E-state index in [1.54, 1.807) is 0 Å². The van der Waals surface area contributed by atoms with E-state index in [0.717, 1.165) is 15.7 Å². The Hall–Kier alpha value is -3.88. The molecule has 34 heavy (non-hydrogen) atoms. The van der Waals surface area contributed by atoms with Crippen LogP contribution in [0.2, 0.25) is 0 Å². The van der Waals surface area contributed by atoms with Gasteiger partial charge in [-0.05, 0) is 81.4 Å². The third-order valence-electron chi connectivity index (χ3n) is 6.97. The zero-order chi connectivity index (χ0) is 22.8. The van der Waals surface area contributed by atoms with Gasteiger partial charge in [0.2, 0.25) is 0 Å². The lowest BCUT2D eigenvalue weighted by atomic mass is 10.0. The lowest BCUT2D eigenvalue weighted by Gasteiger charge is -2.10. The molecule has 1 aliphatic carbocycles. The highest BCUT2D eigenvalue weighted by Gasteiger charge is 2.24. The molecule has 1 heterocycles. The van der Waals surface area contributed by atoms with Crippen LogP contribution in [-0.4, -0.2) is 4.57 Å². The number of halogens is 1. The van der Waals surface area contributed by atoms with E-state index in [9.17, 15) is 0 Å². The first-order chi connectivity index (χ1) is 16.7. The van der Waals surface area contributed by atoms with Gasteiger partial charge in [-0.2, -0.15) is 0 Å². The van der Waals surface area contributed by atoms with E-state index < -0.39 is 0 Å². The molecule has 0 unspecified atom stereocenters. The van der Waals surface area contributed by atoms with Gasteiger partial charge in [-0.1, -0.05) is 89.2 Å². The largest absolute Gasteiger partial charge is 0.309 e. The number of hydrogen-bond donors (Lipinski definition) is 0. The van der Waals surface area contributed by atoms with Crippen LogP contribution in [-0.2, 0) is 0 Å². The molecule has 0 atom stereocenters. The van der Waals surface area contributed by atoms with Gasteiger partial charge in [0.1, 0.15) is 0 Å². The first-order valence-corrected chi connectivity index (χ1v) is 12.2. The van der Waals surface area contributed by atoms with Gasteiger partial charge in [0, 0.05) is 20.9 Å². The zero-order valence-corrected chi connectivity index (χ0v) is 20.0. The standard InChI is InChI=1S/C32H20BrN/c1-20-25-9-5-6-10-26(25)28-18-30-29-17-23(33)13-16-31(29)34(32(30)19-27(20)28)24-14-11-22(12-15-24)21-7-3-2-4-8-21/h2-19H,1H2. The summed E-state index contributed by atoms with van der Waals surface area (Å²) in [6, 6.07) is 39.2. The molecule has 1 aromatic heterocycles. The molecule has 0 N–H and O–H groups in total. The van der Waals surface area contributed by atoms with Gasteiger partial charge in [0.25, 0.3) is 0 Å². The van der Waals surface area contributed by atoms with Crippen molar-refractivity contribution >= 4 is 43.3 Å². The Kier molecular flexibility index (Phi) is 4.21. The highest BCUT2D eigenvalue weighted by molar-refractivity contribution is 9.10. The monoisotopic (exact) mass is 497 g/mol. The second-order valence-electron chi connectivity index (χ2n) is 8.85. The summed E-state index contributed by atoms with van der Waals surface area (Å²) in [5.41, 5.74) is 12.1. The van der Waals surface area contributed by atoms with Gasteiger partial charge in [0.15, 0.2) is 0 Å². The third-order valence-corrected chi connectivity index (χ3v) is 7.46. The summed E-state index contributed by atoms with van der Waals surface area (Å²) in [6.07, 6.45) is 0. The van der Waals surface area contributed by atoms with Crippen LogP contribution in [0.15, 0.2) is 120 Å². The van der Waals surface area contributed by atoms with E-state index in [0.29, 0.717) is 0 Å². The summed E-state index contributed by atoms with van der Waals surface area (Å²) in [6.45, 7) is 4.44. The van der Waals surface area contributed by atoms with Gasteiger partial charge in [-0.25, -0.2) is 0 Å². The molecule has 7 rings (SSSR count). The van der Waals surface area contributed by atoms with Crippen molar-refractivity contribution in [2.24, 2.45) is 0 Å². The molecule has 0 radical (unpaired) electrons. The Morgan fingerprint density at radius 2 is 1.21 bits per heavy atom. The lowest BCUT2D eigenvalue weighted by molar-refractivity contribution is 1.18. The van der Waals surface area contributed by atoms with Gasteiger partial charge >= 0.3 is 0 Å². The van der Waals surface area contributed by atoms with Gasteiger partial charge in [0.05, 0.1) is 11.0 Å². The Labute approximate surface area is 206 Å². The fraction of sp³-hybridized carbons (Fsp3) is 0. The van der Waals surface area contributed by atoms with E-state index >= 15 is 0 Å². The number of hydrogen-bond acceptors (Lipinski definition) is 0. The minimum Gasteiger partial charge on any atom is -0.309 e. The Morgan fingerprint density at radius 1 is 0.529 bits per heavy atom. The van der Waals surface area contributed by atoms with Crippen LogP contribution in [0.1, 0.15) is 11.1 Å². The highest BCUT2D eigenvalue weighted by atomic mass is 79.9. The molecule has 2 heteroatoms. The maximum Gasteiger partial charge on any atom is 0.0547 e. The Balaban J connectivity index is 1.50. The number of fused-ring (bicyclic) bond motifs is 6. The second kappa shape index (κ2) is 7.31. The highest BCUT2D eigenvalue weighted by Crippen LogP contribution is 2.47. The summed E-state index contributed by atoms with van der Waals surface area (Å²) in [4.78, 5) is 0. The Bertz CT molecular complexity index is 1760. The molecule has 0 saturated heterocycles. The average Bonchev–Trinajstić information content (AvgIpc) is 3.35. The maximum absolute atomic E-state index is 4.44. The van der Waals surface area contributed by atoms with Crippen LogP contribution in [0, 0.1) is 0 Å². The van der Waals surface area contributed by atoms with E-state index in [4.69, 9.17) is 0 Å². The predicted molar refractivity (Wildman–Crippen MR) is 147 cm³/mol. The molecule has 6 aromatic rings. The van der Waals surface area contributed by atoms with Crippen molar-refractivity contribution < 1.29 is 0 Å². The minimum atomic E-state index is 1.09. The zero-order valence-electron chi connectivity index (χ0n) is 18.4. The Morgan fingerprint density at radius 3 is 2.00 bits per heavy atom. The number of benzene rings is 5. The van der Waals surface area contributed by atoms with Crippen LogP contribution in [0.5, 0.6) is 0 Å². The number of nitrogens with zero attached hydrogens (tertiary/aromatic N) is 1. The fourth-order valence-electron chi connectivity index (χ4n) is 5.35. The number of aromatic nitrogens is 1. The molecule has 160 valence electrons. The lowest BCUT2D eigenvalue weighted by Crippen LogP contribution is -1.94. The quantitative estimate of drug-likeness (QED) is 0.224. The topological polar surface area (TPSA) is 4.93 Å². The van der Waals surface area contributed by atoms with Crippen LogP contribution in [0.25, 0.3) is 55.3 Å². The van der Waals surface area contributed by atoms with E-state index in [1.165, 1.54) is 55.2 Å². The minimum absolute atomic E-state index is 1.09. The molecule has 0 saturated carbocycles. The summed E-state index contributed by atoms with van der Waals surface area (Å²) >= 11 is 3.69. The first-order valence-electron chi connectivity index (χ1n) is 11.4. The van der Waals surface area contributed by atoms with Crippen LogP contribution >= 0.6 is 15.9 Å². The molecule has 1 aliphatic rings.